The molecular formula is C17H20N4O2. The number of pyridine rings is 1. The summed E-state index contributed by atoms with van der Waals surface area (Å²) in [5.41, 5.74) is 2.11. The zero-order valence-corrected chi connectivity index (χ0v) is 13.2. The number of aromatic nitrogens is 2. The maximum absolute atomic E-state index is 12.6. The molecule has 1 fully saturated rings. The number of aryl methyl sites for hydroxylation is 1. The number of hydrogen-bond acceptors (Lipinski definition) is 5. The molecule has 4 rings (SSSR count). The van der Waals surface area contributed by atoms with E-state index in [2.05, 4.69) is 16.1 Å². The first-order valence-corrected chi connectivity index (χ1v) is 8.12. The molecule has 3 heterocycles. The molecule has 0 radical (unpaired) electrons. The van der Waals surface area contributed by atoms with E-state index in [1.165, 1.54) is 19.0 Å². The van der Waals surface area contributed by atoms with Gasteiger partial charge in [-0.15, -0.1) is 0 Å². The maximum atomic E-state index is 12.6. The molecule has 2 aromatic rings. The summed E-state index contributed by atoms with van der Waals surface area (Å²) in [5.74, 6) is 2.00. The van der Waals surface area contributed by atoms with Crippen molar-refractivity contribution in [2.45, 2.75) is 26.3 Å². The molecule has 6 heteroatoms. The molecule has 1 aliphatic carbocycles. The van der Waals surface area contributed by atoms with E-state index in [4.69, 9.17) is 9.51 Å². The van der Waals surface area contributed by atoms with E-state index < -0.39 is 0 Å². The standard InChI is InChI=1S/C17H20N4O2/c1-12-2-5-14-11-21(17(22)15-6-7-18-23-15)9-8-20(16(14)19-12)10-13-3-4-13/h2,5-7,13H,3-4,8-11H2,1H3. The van der Waals surface area contributed by atoms with Crippen molar-refractivity contribution in [3.63, 3.8) is 0 Å². The minimum Gasteiger partial charge on any atom is -0.354 e. The third kappa shape index (κ3) is 2.93. The van der Waals surface area contributed by atoms with E-state index in [0.29, 0.717) is 18.8 Å². The van der Waals surface area contributed by atoms with E-state index in [1.54, 1.807) is 6.07 Å². The van der Waals surface area contributed by atoms with E-state index >= 15 is 0 Å². The fourth-order valence-corrected chi connectivity index (χ4v) is 3.05. The lowest BCUT2D eigenvalue weighted by atomic mass is 10.2. The zero-order chi connectivity index (χ0) is 15.8. The highest BCUT2D eigenvalue weighted by molar-refractivity contribution is 5.91. The Morgan fingerprint density at radius 2 is 2.17 bits per heavy atom. The van der Waals surface area contributed by atoms with Crippen molar-refractivity contribution >= 4 is 11.7 Å². The second-order valence-electron chi connectivity index (χ2n) is 6.43. The third-order valence-electron chi connectivity index (χ3n) is 4.51. The Hall–Kier alpha value is -2.37. The minimum absolute atomic E-state index is 0.109. The Balaban J connectivity index is 1.62. The van der Waals surface area contributed by atoms with Crippen LogP contribution < -0.4 is 4.90 Å². The molecule has 2 aromatic heterocycles. The van der Waals surface area contributed by atoms with Crippen molar-refractivity contribution in [3.05, 3.63) is 41.4 Å². The van der Waals surface area contributed by atoms with Gasteiger partial charge in [-0.2, -0.15) is 0 Å². The molecule has 1 amide bonds. The van der Waals surface area contributed by atoms with Crippen molar-refractivity contribution in [3.8, 4) is 0 Å². The number of fused-ring (bicyclic) bond motifs is 1. The summed E-state index contributed by atoms with van der Waals surface area (Å²) >= 11 is 0. The van der Waals surface area contributed by atoms with Gasteiger partial charge in [-0.1, -0.05) is 11.2 Å². The lowest BCUT2D eigenvalue weighted by Crippen LogP contribution is -2.36. The molecule has 0 N–H and O–H groups in total. The van der Waals surface area contributed by atoms with Crippen molar-refractivity contribution < 1.29 is 9.32 Å². The van der Waals surface area contributed by atoms with Gasteiger partial charge in [-0.3, -0.25) is 4.79 Å². The first kappa shape index (κ1) is 14.2. The van der Waals surface area contributed by atoms with E-state index in [0.717, 1.165) is 36.1 Å². The van der Waals surface area contributed by atoms with Crippen LogP contribution in [0.15, 0.2) is 28.9 Å². The number of rotatable bonds is 3. The molecule has 0 bridgehead atoms. The Bertz CT molecular complexity index is 709. The molecule has 0 spiro atoms. The average molecular weight is 312 g/mol. The highest BCUT2D eigenvalue weighted by Gasteiger charge is 2.30. The smallest absolute Gasteiger partial charge is 0.292 e. The van der Waals surface area contributed by atoms with Crippen LogP contribution in [0.1, 0.15) is 34.7 Å². The summed E-state index contributed by atoms with van der Waals surface area (Å²) in [6.45, 7) is 5.08. The van der Waals surface area contributed by atoms with E-state index in [9.17, 15) is 4.79 Å². The predicted octanol–water partition coefficient (Wildman–Crippen LogP) is 2.25. The highest BCUT2D eigenvalue weighted by atomic mass is 16.5. The molecule has 120 valence electrons. The number of anilines is 1. The largest absolute Gasteiger partial charge is 0.354 e. The SMILES string of the molecule is Cc1ccc2c(n1)N(CC1CC1)CCN(C(=O)c1ccno1)C2. The first-order valence-electron chi connectivity index (χ1n) is 8.12. The summed E-state index contributed by atoms with van der Waals surface area (Å²) < 4.78 is 5.03. The van der Waals surface area contributed by atoms with Crippen molar-refractivity contribution in [1.29, 1.82) is 0 Å². The topological polar surface area (TPSA) is 62.5 Å². The number of hydrogen-bond donors (Lipinski definition) is 0. The fourth-order valence-electron chi connectivity index (χ4n) is 3.05. The lowest BCUT2D eigenvalue weighted by molar-refractivity contribution is 0.0709. The Labute approximate surface area is 135 Å². The summed E-state index contributed by atoms with van der Waals surface area (Å²) in [6, 6.07) is 5.71. The van der Waals surface area contributed by atoms with Crippen LogP contribution in [0.5, 0.6) is 0 Å². The van der Waals surface area contributed by atoms with Crippen LogP contribution in [-0.4, -0.2) is 40.6 Å². The quantitative estimate of drug-likeness (QED) is 0.870. The Morgan fingerprint density at radius 3 is 2.91 bits per heavy atom. The molecular weight excluding hydrogens is 292 g/mol. The van der Waals surface area contributed by atoms with Gasteiger partial charge in [-0.25, -0.2) is 4.98 Å². The molecule has 2 aliphatic rings. The fraction of sp³-hybridized carbons (Fsp3) is 0.471. The normalized spacial score (nSPS) is 17.8. The average Bonchev–Trinajstić information content (AvgIpc) is 3.24. The molecule has 0 aromatic carbocycles. The summed E-state index contributed by atoms with van der Waals surface area (Å²) in [6.07, 6.45) is 4.11. The molecule has 1 aliphatic heterocycles. The number of nitrogens with zero attached hydrogens (tertiary/aromatic N) is 4. The van der Waals surface area contributed by atoms with Crippen LogP contribution in [-0.2, 0) is 6.54 Å². The van der Waals surface area contributed by atoms with Crippen LogP contribution in [0, 0.1) is 12.8 Å². The van der Waals surface area contributed by atoms with Gasteiger partial charge >= 0.3 is 0 Å². The van der Waals surface area contributed by atoms with E-state index in [-0.39, 0.29) is 5.91 Å². The molecule has 0 saturated heterocycles. The van der Waals surface area contributed by atoms with Crippen LogP contribution in [0.2, 0.25) is 0 Å². The van der Waals surface area contributed by atoms with Crippen molar-refractivity contribution in [2.24, 2.45) is 5.92 Å². The lowest BCUT2D eigenvalue weighted by Gasteiger charge is -2.23. The third-order valence-corrected chi connectivity index (χ3v) is 4.51. The summed E-state index contributed by atoms with van der Waals surface area (Å²) in [4.78, 5) is 21.5. The van der Waals surface area contributed by atoms with Gasteiger partial charge in [0.25, 0.3) is 5.91 Å². The second kappa shape index (κ2) is 5.68. The molecule has 1 saturated carbocycles. The van der Waals surface area contributed by atoms with Crippen LogP contribution in [0.25, 0.3) is 0 Å². The monoisotopic (exact) mass is 312 g/mol. The van der Waals surface area contributed by atoms with Gasteiger partial charge in [0.05, 0.1) is 6.20 Å². The maximum Gasteiger partial charge on any atom is 0.292 e. The Morgan fingerprint density at radius 1 is 1.30 bits per heavy atom. The van der Waals surface area contributed by atoms with Crippen LogP contribution >= 0.6 is 0 Å². The number of carbonyl (C=O) groups excluding carboxylic acids is 1. The Kier molecular flexibility index (Phi) is 3.52. The second-order valence-corrected chi connectivity index (χ2v) is 6.43. The first-order chi connectivity index (χ1) is 11.2. The van der Waals surface area contributed by atoms with Gasteiger partial charge in [-0.05, 0) is 31.7 Å². The van der Waals surface area contributed by atoms with Gasteiger partial charge in [0.2, 0.25) is 5.76 Å². The molecule has 23 heavy (non-hydrogen) atoms. The van der Waals surface area contributed by atoms with Crippen LogP contribution in [0.4, 0.5) is 5.82 Å². The molecule has 6 nitrogen and oxygen atoms in total. The molecule has 0 atom stereocenters. The van der Waals surface area contributed by atoms with Gasteiger partial charge in [0, 0.05) is 43.5 Å². The number of amides is 1. The number of carbonyl (C=O) groups is 1. The molecule has 0 unspecified atom stereocenters. The van der Waals surface area contributed by atoms with Crippen LogP contribution in [0.3, 0.4) is 0 Å². The van der Waals surface area contributed by atoms with E-state index in [1.807, 2.05) is 17.9 Å². The van der Waals surface area contributed by atoms with Crippen molar-refractivity contribution in [1.82, 2.24) is 15.0 Å². The summed E-state index contributed by atoms with van der Waals surface area (Å²) in [7, 11) is 0. The van der Waals surface area contributed by atoms with Gasteiger partial charge < -0.3 is 14.3 Å². The summed E-state index contributed by atoms with van der Waals surface area (Å²) in [5, 5.41) is 3.63. The predicted molar refractivity (Wildman–Crippen MR) is 85.2 cm³/mol. The van der Waals surface area contributed by atoms with Crippen molar-refractivity contribution in [2.75, 3.05) is 24.5 Å². The zero-order valence-electron chi connectivity index (χ0n) is 13.2. The minimum atomic E-state index is -0.109. The van der Waals surface area contributed by atoms with Gasteiger partial charge in [0.15, 0.2) is 0 Å². The highest BCUT2D eigenvalue weighted by Crippen LogP contribution is 2.33. The van der Waals surface area contributed by atoms with Gasteiger partial charge in [0.1, 0.15) is 5.82 Å².